The van der Waals surface area contributed by atoms with Crippen LogP contribution < -0.4 is 20.2 Å². The van der Waals surface area contributed by atoms with Crippen LogP contribution in [0.5, 0.6) is 11.5 Å². The van der Waals surface area contributed by atoms with Gasteiger partial charge in [0.1, 0.15) is 17.5 Å². The minimum atomic E-state index is -0.424. The number of hydrogen-bond acceptors (Lipinski definition) is 4. The van der Waals surface area contributed by atoms with Gasteiger partial charge in [-0.2, -0.15) is 0 Å². The Balaban J connectivity index is 1.56. The summed E-state index contributed by atoms with van der Waals surface area (Å²) >= 11 is 0. The molecule has 2 amide bonds. The van der Waals surface area contributed by atoms with Gasteiger partial charge < -0.3 is 10.1 Å². The number of ether oxygens (including phenoxy) is 1. The molecule has 8 heteroatoms. The van der Waals surface area contributed by atoms with Gasteiger partial charge in [-0.1, -0.05) is 23.0 Å². The summed E-state index contributed by atoms with van der Waals surface area (Å²) in [7, 11) is 0. The van der Waals surface area contributed by atoms with Crippen LogP contribution in [0, 0.1) is 0 Å². The van der Waals surface area contributed by atoms with Gasteiger partial charge in [-0.25, -0.2) is 10.1 Å². The molecule has 1 heterocycles. The molecule has 0 fully saturated rings. The Morgan fingerprint density at radius 3 is 2.36 bits per heavy atom. The number of anilines is 2. The Hall–Kier alpha value is -3.42. The Morgan fingerprint density at radius 1 is 1.04 bits per heavy atom. The minimum Gasteiger partial charge on any atom is -0.457 e. The fraction of sp³-hybridized carbons (Fsp3) is 0.176. The highest BCUT2D eigenvalue weighted by Crippen LogP contribution is 2.22. The van der Waals surface area contributed by atoms with Gasteiger partial charge in [0.25, 0.3) is 0 Å². The van der Waals surface area contributed by atoms with Gasteiger partial charge in [0.15, 0.2) is 0 Å². The molecule has 3 rings (SSSR count). The first-order chi connectivity index (χ1) is 12.1. The van der Waals surface area contributed by atoms with E-state index in [9.17, 15) is 4.79 Å². The molecule has 128 valence electrons. The molecule has 0 unspecified atom stereocenters. The molecule has 0 aliphatic rings. The molecule has 3 N–H and O–H groups in total. The number of carbonyl (C=O) groups excluding carboxylic acids is 1. The maximum absolute atomic E-state index is 12.0. The van der Waals surface area contributed by atoms with Gasteiger partial charge in [0.2, 0.25) is 0 Å². The third-order valence-corrected chi connectivity index (χ3v) is 3.27. The highest BCUT2D eigenvalue weighted by Gasteiger charge is 2.16. The van der Waals surface area contributed by atoms with Gasteiger partial charge in [-0.3, -0.25) is 0 Å². The van der Waals surface area contributed by atoms with Crippen LogP contribution in [0.25, 0.3) is 0 Å². The molecular formula is C17H19N6O2+. The number of nitrogens with one attached hydrogen (secondary N) is 3. The first-order valence-corrected chi connectivity index (χ1v) is 7.85. The highest BCUT2D eigenvalue weighted by atomic mass is 16.5. The van der Waals surface area contributed by atoms with Crippen molar-refractivity contribution in [3.8, 4) is 11.5 Å². The number of benzene rings is 2. The number of aromatic amines is 1. The largest absolute Gasteiger partial charge is 0.457 e. The molecule has 0 spiro atoms. The third-order valence-electron chi connectivity index (χ3n) is 3.27. The summed E-state index contributed by atoms with van der Waals surface area (Å²) in [5.74, 6) is 1.64. The number of aromatic nitrogens is 4. The average molecular weight is 339 g/mol. The Kier molecular flexibility index (Phi) is 4.89. The van der Waals surface area contributed by atoms with Crippen LogP contribution in [0.15, 0.2) is 54.6 Å². The van der Waals surface area contributed by atoms with E-state index >= 15 is 0 Å². The van der Waals surface area contributed by atoms with Crippen LogP contribution >= 0.6 is 0 Å². The van der Waals surface area contributed by atoms with Gasteiger partial charge in [0, 0.05) is 10.8 Å². The standard InChI is InChI=1S/C17H18N6O2/c1-12(2)23-21-16(20-22-23)19-17(24)18-13-8-10-15(11-9-13)25-14-6-4-3-5-7-14/h3-12H,1-2H3,(H2,18,19,21,24)/p+1. The summed E-state index contributed by atoms with van der Waals surface area (Å²) in [6.07, 6.45) is 0. The van der Waals surface area contributed by atoms with Crippen molar-refractivity contribution in [1.82, 2.24) is 15.4 Å². The molecule has 0 atom stereocenters. The normalized spacial score (nSPS) is 10.5. The summed E-state index contributed by atoms with van der Waals surface area (Å²) in [5.41, 5.74) is 0.630. The second-order valence-corrected chi connectivity index (χ2v) is 5.59. The molecule has 0 saturated carbocycles. The molecule has 8 nitrogen and oxygen atoms in total. The van der Waals surface area contributed by atoms with E-state index in [0.717, 1.165) is 5.75 Å². The second kappa shape index (κ2) is 7.43. The van der Waals surface area contributed by atoms with E-state index < -0.39 is 6.03 Å². The Morgan fingerprint density at radius 2 is 1.72 bits per heavy atom. The lowest BCUT2D eigenvalue weighted by Gasteiger charge is -2.07. The Bertz CT molecular complexity index is 830. The zero-order chi connectivity index (χ0) is 17.6. The summed E-state index contributed by atoms with van der Waals surface area (Å²) in [5, 5.41) is 16.0. The van der Waals surface area contributed by atoms with E-state index in [4.69, 9.17) is 4.74 Å². The average Bonchev–Trinajstić information content (AvgIpc) is 3.06. The van der Waals surface area contributed by atoms with Crippen molar-refractivity contribution in [2.75, 3.05) is 10.6 Å². The predicted octanol–water partition coefficient (Wildman–Crippen LogP) is 3.11. The van der Waals surface area contributed by atoms with Crippen LogP contribution in [0.2, 0.25) is 0 Å². The maximum atomic E-state index is 12.0. The van der Waals surface area contributed by atoms with Crippen LogP contribution in [0.1, 0.15) is 19.9 Å². The van der Waals surface area contributed by atoms with Crippen molar-refractivity contribution < 1.29 is 14.3 Å². The summed E-state index contributed by atoms with van der Waals surface area (Å²) < 4.78 is 5.70. The number of urea groups is 1. The molecule has 0 saturated heterocycles. The topological polar surface area (TPSA) is 95.8 Å². The number of nitrogens with zero attached hydrogens (tertiary/aromatic N) is 3. The fourth-order valence-electron chi connectivity index (χ4n) is 2.02. The van der Waals surface area contributed by atoms with Crippen LogP contribution in [-0.4, -0.2) is 21.4 Å². The Labute approximate surface area is 144 Å². The van der Waals surface area contributed by atoms with E-state index in [0.29, 0.717) is 11.4 Å². The smallest absolute Gasteiger partial charge is 0.409 e. The van der Waals surface area contributed by atoms with E-state index in [1.165, 1.54) is 0 Å². The number of carbonyl (C=O) groups is 1. The molecule has 2 aromatic carbocycles. The van der Waals surface area contributed by atoms with Crippen LogP contribution in [-0.2, 0) is 0 Å². The molecule has 0 radical (unpaired) electrons. The van der Waals surface area contributed by atoms with Crippen molar-refractivity contribution >= 4 is 17.7 Å². The van der Waals surface area contributed by atoms with E-state index in [-0.39, 0.29) is 12.0 Å². The molecule has 0 bridgehead atoms. The van der Waals surface area contributed by atoms with Crippen molar-refractivity contribution in [3.63, 3.8) is 0 Å². The van der Waals surface area contributed by atoms with Crippen molar-refractivity contribution in [1.29, 1.82) is 0 Å². The zero-order valence-corrected chi connectivity index (χ0v) is 13.9. The van der Waals surface area contributed by atoms with Crippen LogP contribution in [0.3, 0.4) is 0 Å². The van der Waals surface area contributed by atoms with E-state index in [1.807, 2.05) is 44.2 Å². The summed E-state index contributed by atoms with van der Waals surface area (Å²) in [4.78, 5) is 13.5. The maximum Gasteiger partial charge on any atom is 0.409 e. The molecule has 3 aromatic rings. The lowest BCUT2D eigenvalue weighted by atomic mass is 10.3. The summed E-state index contributed by atoms with van der Waals surface area (Å²) in [6.45, 7) is 3.90. The molecular weight excluding hydrogens is 320 g/mol. The molecule has 0 aliphatic carbocycles. The minimum absolute atomic E-state index is 0.128. The number of tetrazole rings is 1. The van der Waals surface area contributed by atoms with Gasteiger partial charge >= 0.3 is 12.0 Å². The number of rotatable bonds is 5. The third kappa shape index (κ3) is 4.54. The fourth-order valence-corrected chi connectivity index (χ4v) is 2.02. The second-order valence-electron chi connectivity index (χ2n) is 5.59. The molecule has 1 aromatic heterocycles. The van der Waals surface area contributed by atoms with E-state index in [1.54, 1.807) is 29.1 Å². The SMILES string of the molecule is CC(C)[n+]1nc(NC(=O)Nc2ccc(Oc3ccccc3)cc2)n[nH]1. The van der Waals surface area contributed by atoms with Gasteiger partial charge in [-0.15, -0.1) is 0 Å². The number of para-hydroxylation sites is 1. The highest BCUT2D eigenvalue weighted by molar-refractivity contribution is 5.98. The quantitative estimate of drug-likeness (QED) is 0.622. The predicted molar refractivity (Wildman–Crippen MR) is 92.6 cm³/mol. The first kappa shape index (κ1) is 16.4. The van der Waals surface area contributed by atoms with Crippen molar-refractivity contribution in [2.45, 2.75) is 19.9 Å². The first-order valence-electron chi connectivity index (χ1n) is 7.85. The lowest BCUT2D eigenvalue weighted by Crippen LogP contribution is -2.41. The summed E-state index contributed by atoms with van der Waals surface area (Å²) in [6, 6.07) is 16.3. The number of H-pyrrole nitrogens is 1. The lowest BCUT2D eigenvalue weighted by molar-refractivity contribution is -0.821. The van der Waals surface area contributed by atoms with Crippen LogP contribution in [0.4, 0.5) is 16.4 Å². The number of hydrogen-bond donors (Lipinski definition) is 3. The van der Waals surface area contributed by atoms with Gasteiger partial charge in [0.05, 0.1) is 5.10 Å². The van der Waals surface area contributed by atoms with E-state index in [2.05, 4.69) is 26.0 Å². The monoisotopic (exact) mass is 339 g/mol. The molecule has 0 aliphatic heterocycles. The van der Waals surface area contributed by atoms with Gasteiger partial charge in [-0.05, 0) is 55.5 Å². The van der Waals surface area contributed by atoms with Crippen molar-refractivity contribution in [2.24, 2.45) is 0 Å². The molecule has 25 heavy (non-hydrogen) atoms. The zero-order valence-electron chi connectivity index (χ0n) is 13.9. The van der Waals surface area contributed by atoms with Crippen molar-refractivity contribution in [3.05, 3.63) is 54.6 Å². The number of amides is 2.